The molecule has 0 saturated carbocycles. The molecule has 0 atom stereocenters. The Hall–Kier alpha value is -3.64. The first-order chi connectivity index (χ1) is 13.8. The fraction of sp³-hybridized carbons (Fsp3) is 0.0909. The lowest BCUT2D eigenvalue weighted by molar-refractivity contribution is -0.105. The Kier molecular flexibility index (Phi) is 5.03. The lowest BCUT2D eigenvalue weighted by Gasteiger charge is -2.34. The molecule has 6 nitrogen and oxygen atoms in total. The fourth-order valence-corrected chi connectivity index (χ4v) is 3.30. The number of nitrogens with zero attached hydrogens (tertiary/aromatic N) is 1. The van der Waals surface area contributed by atoms with Crippen LogP contribution < -0.4 is 21.1 Å². The minimum absolute atomic E-state index is 0.0908. The number of nitrogens with one attached hydrogen (secondary N) is 3. The molecule has 0 radical (unpaired) electrons. The van der Waals surface area contributed by atoms with Gasteiger partial charge in [0.1, 0.15) is 0 Å². The molecule has 0 aliphatic carbocycles. The van der Waals surface area contributed by atoms with Crippen molar-refractivity contribution in [2.24, 2.45) is 0 Å². The summed E-state index contributed by atoms with van der Waals surface area (Å²) in [5.74, 6) is 0.0908. The predicted octanol–water partition coefficient (Wildman–Crippen LogP) is 4.23. The van der Waals surface area contributed by atoms with Gasteiger partial charge in [-0.2, -0.15) is 0 Å². The fourth-order valence-electron chi connectivity index (χ4n) is 3.30. The van der Waals surface area contributed by atoms with Crippen LogP contribution in [0.1, 0.15) is 16.8 Å². The first-order valence-corrected chi connectivity index (χ1v) is 9.09. The zero-order chi connectivity index (χ0) is 19.3. The number of Topliss-reactive ketones (excluding diaryl/α,β-unsaturated/α-hetero) is 1. The molecule has 28 heavy (non-hydrogen) atoms. The quantitative estimate of drug-likeness (QED) is 0.428. The highest BCUT2D eigenvalue weighted by Gasteiger charge is 2.24. The number of carbonyl (C=O) groups excluding carboxylic acids is 2. The van der Waals surface area contributed by atoms with Gasteiger partial charge in [-0.15, -0.1) is 0 Å². The van der Waals surface area contributed by atoms with Gasteiger partial charge in [0.25, 0.3) is 0 Å². The number of amides is 1. The number of carbonyl (C=O) groups is 2. The lowest BCUT2D eigenvalue weighted by Crippen LogP contribution is -2.37. The summed E-state index contributed by atoms with van der Waals surface area (Å²) in [6.07, 6.45) is 1.03. The summed E-state index contributed by atoms with van der Waals surface area (Å²) in [5.41, 5.74) is 8.30. The Morgan fingerprint density at radius 1 is 0.929 bits per heavy atom. The molecule has 3 aromatic rings. The molecule has 3 N–H and O–H groups in total. The summed E-state index contributed by atoms with van der Waals surface area (Å²) >= 11 is 0. The average molecular weight is 372 g/mol. The maximum atomic E-state index is 12.4. The number of para-hydroxylation sites is 3. The molecule has 4 rings (SSSR count). The highest BCUT2D eigenvalue weighted by atomic mass is 16.1. The molecule has 0 fully saturated rings. The molecule has 0 bridgehead atoms. The van der Waals surface area contributed by atoms with E-state index < -0.39 is 0 Å². The number of fused-ring (bicyclic) bond motifs is 2. The largest absolute Gasteiger partial charge is 0.350 e. The van der Waals surface area contributed by atoms with Gasteiger partial charge in [0.05, 0.1) is 28.4 Å². The van der Waals surface area contributed by atoms with E-state index in [0.29, 0.717) is 30.6 Å². The van der Waals surface area contributed by atoms with Crippen molar-refractivity contribution in [1.82, 2.24) is 5.43 Å². The smallest absolute Gasteiger partial charge is 0.211 e. The second-order valence-corrected chi connectivity index (χ2v) is 6.39. The monoisotopic (exact) mass is 372 g/mol. The average Bonchev–Trinajstić information content (AvgIpc) is 2.74. The van der Waals surface area contributed by atoms with E-state index in [1.165, 1.54) is 0 Å². The van der Waals surface area contributed by atoms with Crippen LogP contribution in [0, 0.1) is 0 Å². The molecule has 1 heterocycles. The summed E-state index contributed by atoms with van der Waals surface area (Å²) in [5, 5.41) is 8.06. The van der Waals surface area contributed by atoms with Crippen LogP contribution in [0.2, 0.25) is 0 Å². The van der Waals surface area contributed by atoms with Crippen LogP contribution in [-0.4, -0.2) is 18.7 Å². The maximum absolute atomic E-state index is 12.4. The number of benzene rings is 3. The minimum Gasteiger partial charge on any atom is -0.350 e. The molecular weight excluding hydrogens is 352 g/mol. The van der Waals surface area contributed by atoms with Crippen molar-refractivity contribution >= 4 is 40.6 Å². The van der Waals surface area contributed by atoms with E-state index in [-0.39, 0.29) is 5.78 Å². The molecule has 0 unspecified atom stereocenters. The van der Waals surface area contributed by atoms with Crippen LogP contribution in [0.3, 0.4) is 0 Å². The lowest BCUT2D eigenvalue weighted by atomic mass is 10.1. The van der Waals surface area contributed by atoms with Gasteiger partial charge in [-0.05, 0) is 24.3 Å². The van der Waals surface area contributed by atoms with Gasteiger partial charge in [-0.25, -0.2) is 5.43 Å². The Morgan fingerprint density at radius 3 is 2.50 bits per heavy atom. The Bertz CT molecular complexity index is 1000. The number of anilines is 5. The third kappa shape index (κ3) is 3.45. The second-order valence-electron chi connectivity index (χ2n) is 6.39. The topological polar surface area (TPSA) is 73.5 Å². The summed E-state index contributed by atoms with van der Waals surface area (Å²) in [6, 6.07) is 22.8. The van der Waals surface area contributed by atoms with Crippen LogP contribution in [0.4, 0.5) is 28.4 Å². The Balaban J connectivity index is 1.57. The van der Waals surface area contributed by atoms with E-state index in [1.54, 1.807) is 0 Å². The zero-order valence-electron chi connectivity index (χ0n) is 15.2. The van der Waals surface area contributed by atoms with Crippen molar-refractivity contribution in [1.29, 1.82) is 0 Å². The van der Waals surface area contributed by atoms with Gasteiger partial charge >= 0.3 is 0 Å². The number of hydrazine groups is 1. The van der Waals surface area contributed by atoms with E-state index in [1.807, 2.05) is 77.8 Å². The normalized spacial score (nSPS) is 11.8. The van der Waals surface area contributed by atoms with Gasteiger partial charge in [0.15, 0.2) is 5.78 Å². The molecule has 0 aromatic heterocycles. The molecule has 140 valence electrons. The molecule has 6 heteroatoms. The van der Waals surface area contributed by atoms with Gasteiger partial charge < -0.3 is 10.6 Å². The van der Waals surface area contributed by atoms with Gasteiger partial charge in [-0.3, -0.25) is 14.6 Å². The molecule has 1 aliphatic heterocycles. The number of hydrogen-bond donors (Lipinski definition) is 3. The van der Waals surface area contributed by atoms with Crippen LogP contribution in [0.15, 0.2) is 72.8 Å². The van der Waals surface area contributed by atoms with Crippen LogP contribution in [0.25, 0.3) is 0 Å². The standard InChI is InChI=1S/C22H20N4O2/c27-15-23-18-10-6-12-20-22(18)25-17-9-4-5-11-19(17)26(20)24-14-13-21(28)16-7-2-1-3-8-16/h1-12,15,24-25H,13-14H2,(H,23,27). The third-order valence-electron chi connectivity index (χ3n) is 4.62. The zero-order valence-corrected chi connectivity index (χ0v) is 15.2. The van der Waals surface area contributed by atoms with Crippen LogP contribution in [-0.2, 0) is 4.79 Å². The van der Waals surface area contributed by atoms with E-state index >= 15 is 0 Å². The van der Waals surface area contributed by atoms with Crippen molar-refractivity contribution < 1.29 is 9.59 Å². The third-order valence-corrected chi connectivity index (χ3v) is 4.62. The summed E-state index contributed by atoms with van der Waals surface area (Å²) in [7, 11) is 0. The van der Waals surface area contributed by atoms with Gasteiger partial charge in [-0.1, -0.05) is 48.5 Å². The SMILES string of the molecule is O=CNc1cccc2c1Nc1ccccc1N2NCCC(=O)c1ccccc1. The van der Waals surface area contributed by atoms with Crippen molar-refractivity contribution in [2.75, 3.05) is 22.2 Å². The van der Waals surface area contributed by atoms with Crippen molar-refractivity contribution in [3.8, 4) is 0 Å². The number of hydrogen-bond acceptors (Lipinski definition) is 5. The van der Waals surface area contributed by atoms with E-state index in [9.17, 15) is 9.59 Å². The summed E-state index contributed by atoms with van der Waals surface area (Å²) < 4.78 is 0. The summed E-state index contributed by atoms with van der Waals surface area (Å²) in [4.78, 5) is 23.4. The predicted molar refractivity (Wildman–Crippen MR) is 111 cm³/mol. The van der Waals surface area contributed by atoms with E-state index in [0.717, 1.165) is 22.7 Å². The Morgan fingerprint density at radius 2 is 1.68 bits per heavy atom. The van der Waals surface area contributed by atoms with Crippen LogP contribution in [0.5, 0.6) is 0 Å². The van der Waals surface area contributed by atoms with Gasteiger partial charge in [0.2, 0.25) is 6.41 Å². The Labute approximate surface area is 163 Å². The first-order valence-electron chi connectivity index (χ1n) is 9.09. The molecule has 1 aliphatic rings. The van der Waals surface area contributed by atoms with E-state index in [2.05, 4.69) is 16.1 Å². The molecule has 0 spiro atoms. The minimum atomic E-state index is 0.0908. The van der Waals surface area contributed by atoms with Crippen molar-refractivity contribution in [3.05, 3.63) is 78.4 Å². The highest BCUT2D eigenvalue weighted by Crippen LogP contribution is 2.45. The van der Waals surface area contributed by atoms with Crippen molar-refractivity contribution in [3.63, 3.8) is 0 Å². The summed E-state index contributed by atoms with van der Waals surface area (Å²) in [6.45, 7) is 0.479. The van der Waals surface area contributed by atoms with Crippen molar-refractivity contribution in [2.45, 2.75) is 6.42 Å². The number of ketones is 1. The molecular formula is C22H20N4O2. The molecule has 0 saturated heterocycles. The highest BCUT2D eigenvalue weighted by molar-refractivity contribution is 5.99. The molecule has 3 aromatic carbocycles. The van der Waals surface area contributed by atoms with Gasteiger partial charge in [0, 0.05) is 18.5 Å². The molecule has 1 amide bonds. The maximum Gasteiger partial charge on any atom is 0.211 e. The van der Waals surface area contributed by atoms with E-state index in [4.69, 9.17) is 0 Å². The van der Waals surface area contributed by atoms with Crippen LogP contribution >= 0.6 is 0 Å². The number of rotatable bonds is 7. The first kappa shape index (κ1) is 17.8. The second kappa shape index (κ2) is 7.94.